The molecule has 5 rings (SSSR count). The number of benzene rings is 3. The predicted octanol–water partition coefficient (Wildman–Crippen LogP) is 15.2. The number of phenolic OH excluding ortho intramolecular Hbond substituents is 3. The van der Waals surface area contributed by atoms with E-state index in [1.807, 2.05) is 73.6 Å². The Morgan fingerprint density at radius 2 is 0.551 bits per heavy atom. The number of hydrogen-bond donors (Lipinski definition) is 3. The summed E-state index contributed by atoms with van der Waals surface area (Å²) >= 11 is 0. The molecule has 0 spiro atoms. The molecule has 0 radical (unpaired) electrons. The topological polar surface area (TPSA) is 60.7 Å². The van der Waals surface area contributed by atoms with Gasteiger partial charge >= 0.3 is 0 Å². The van der Waals surface area contributed by atoms with Gasteiger partial charge < -0.3 is 15.3 Å². The second kappa shape index (κ2) is 39.5. The van der Waals surface area contributed by atoms with Crippen LogP contribution < -0.4 is 0 Å². The van der Waals surface area contributed by atoms with E-state index < -0.39 is 0 Å². The zero-order chi connectivity index (χ0) is 38.5. The summed E-state index contributed by atoms with van der Waals surface area (Å²) in [6.07, 6.45) is 11.8. The van der Waals surface area contributed by atoms with Gasteiger partial charge in [0, 0.05) is 0 Å². The molecule has 0 aliphatic heterocycles. The predicted molar refractivity (Wildman–Crippen MR) is 222 cm³/mol. The number of rotatable bonds is 2. The maximum absolute atomic E-state index is 8.63. The van der Waals surface area contributed by atoms with Crippen LogP contribution in [0, 0.1) is 35.5 Å². The Morgan fingerprint density at radius 1 is 0.367 bits per heavy atom. The number of hydrogen-bond acceptors (Lipinski definition) is 3. The highest BCUT2D eigenvalue weighted by atomic mass is 16.3. The largest absolute Gasteiger partial charge is 0.508 e. The molecule has 0 bridgehead atoms. The van der Waals surface area contributed by atoms with Gasteiger partial charge in [-0.3, -0.25) is 0 Å². The summed E-state index contributed by atoms with van der Waals surface area (Å²) in [5.41, 5.74) is 0. The van der Waals surface area contributed by atoms with E-state index in [0.717, 1.165) is 35.5 Å². The minimum absolute atomic E-state index is 0.322. The Morgan fingerprint density at radius 3 is 0.673 bits per heavy atom. The average Bonchev–Trinajstić information content (AvgIpc) is 3.14. The molecule has 3 N–H and O–H groups in total. The first kappa shape index (κ1) is 52.9. The summed E-state index contributed by atoms with van der Waals surface area (Å²) in [5.74, 6) is 6.91. The van der Waals surface area contributed by atoms with Gasteiger partial charge in [-0.2, -0.15) is 0 Å². The molecular formula is C46H82O3. The van der Waals surface area contributed by atoms with Crippen LogP contribution in [0.3, 0.4) is 0 Å². The third-order valence-corrected chi connectivity index (χ3v) is 8.28. The molecule has 49 heavy (non-hydrogen) atoms. The lowest BCUT2D eigenvalue weighted by Gasteiger charge is -2.28. The number of aromatic hydroxyl groups is 3. The molecule has 2 fully saturated rings. The van der Waals surface area contributed by atoms with Crippen LogP contribution in [-0.4, -0.2) is 15.3 Å². The van der Waals surface area contributed by atoms with E-state index in [4.69, 9.17) is 15.3 Å². The fourth-order valence-corrected chi connectivity index (χ4v) is 5.19. The van der Waals surface area contributed by atoms with Crippen molar-refractivity contribution in [2.24, 2.45) is 35.5 Å². The lowest BCUT2D eigenvalue weighted by Crippen LogP contribution is -2.16. The summed E-state index contributed by atoms with van der Waals surface area (Å²) in [4.78, 5) is 0. The van der Waals surface area contributed by atoms with Crippen LogP contribution in [0.15, 0.2) is 91.0 Å². The van der Waals surface area contributed by atoms with Gasteiger partial charge in [0.1, 0.15) is 17.2 Å². The summed E-state index contributed by atoms with van der Waals surface area (Å²) < 4.78 is 0. The van der Waals surface area contributed by atoms with Crippen molar-refractivity contribution < 1.29 is 15.3 Å². The molecule has 3 aromatic rings. The molecule has 0 heterocycles. The quantitative estimate of drug-likeness (QED) is 0.252. The second-order valence-electron chi connectivity index (χ2n) is 12.5. The van der Waals surface area contributed by atoms with Gasteiger partial charge in [0.25, 0.3) is 0 Å². The van der Waals surface area contributed by atoms with Gasteiger partial charge in [-0.25, -0.2) is 0 Å². The van der Waals surface area contributed by atoms with E-state index in [2.05, 4.69) is 41.5 Å². The van der Waals surface area contributed by atoms with Crippen LogP contribution in [0.25, 0.3) is 0 Å². The van der Waals surface area contributed by atoms with Crippen LogP contribution >= 0.6 is 0 Å². The van der Waals surface area contributed by atoms with E-state index in [-0.39, 0.29) is 0 Å². The normalized spacial score (nSPS) is 18.4. The zero-order valence-electron chi connectivity index (χ0n) is 34.6. The molecule has 0 atom stereocenters. The molecule has 2 saturated carbocycles. The van der Waals surface area contributed by atoms with Gasteiger partial charge in [-0.1, -0.05) is 177 Å². The molecule has 0 aromatic heterocycles. The fraction of sp³-hybridized carbons (Fsp3) is 0.609. The summed E-state index contributed by atoms with van der Waals surface area (Å²) in [6.45, 7) is 30.2. The van der Waals surface area contributed by atoms with Gasteiger partial charge in [-0.15, -0.1) is 0 Å². The second-order valence-corrected chi connectivity index (χ2v) is 12.5. The van der Waals surface area contributed by atoms with Gasteiger partial charge in [0.2, 0.25) is 0 Å². The third kappa shape index (κ3) is 34.7. The molecule has 0 unspecified atom stereocenters. The average molecular weight is 683 g/mol. The van der Waals surface area contributed by atoms with Crippen LogP contribution in [-0.2, 0) is 0 Å². The molecular weight excluding hydrogens is 601 g/mol. The SMILES string of the molecule is CC.CC.CC.CC.CC1CCC(C(C)C)CC1.CC1CCC(C(C)C)CC1.Oc1ccccc1.Oc1ccccc1.Oc1ccccc1. The Bertz CT molecular complexity index is 842. The first-order chi connectivity index (χ1) is 23.6. The highest BCUT2D eigenvalue weighted by molar-refractivity contribution is 5.19. The van der Waals surface area contributed by atoms with E-state index in [1.165, 1.54) is 51.4 Å². The lowest BCUT2D eigenvalue weighted by molar-refractivity contribution is 0.234. The molecule has 3 nitrogen and oxygen atoms in total. The van der Waals surface area contributed by atoms with E-state index in [9.17, 15) is 0 Å². The van der Waals surface area contributed by atoms with Crippen molar-refractivity contribution in [3.05, 3.63) is 91.0 Å². The minimum Gasteiger partial charge on any atom is -0.508 e. The van der Waals surface area contributed by atoms with E-state index in [1.54, 1.807) is 72.8 Å². The number of para-hydroxylation sites is 3. The van der Waals surface area contributed by atoms with Crippen LogP contribution in [0.5, 0.6) is 17.2 Å². The van der Waals surface area contributed by atoms with Crippen molar-refractivity contribution in [2.45, 2.75) is 148 Å². The standard InChI is InChI=1S/2C10H20.3C6H6O.4C2H6/c2*1-8(2)10-6-4-9(3)5-7-10;3*7-6-4-2-1-3-5-6;4*1-2/h2*8-10H,4-7H2,1-3H3;3*1-5,7H;4*1-2H3. The highest BCUT2D eigenvalue weighted by Crippen LogP contribution is 2.33. The van der Waals surface area contributed by atoms with E-state index >= 15 is 0 Å². The van der Waals surface area contributed by atoms with Crippen molar-refractivity contribution in [2.75, 3.05) is 0 Å². The Labute approximate surface area is 306 Å². The van der Waals surface area contributed by atoms with Crippen molar-refractivity contribution in [1.29, 1.82) is 0 Å². The molecule has 3 heteroatoms. The van der Waals surface area contributed by atoms with Gasteiger partial charge in [0.05, 0.1) is 0 Å². The Kier molecular flexibility index (Phi) is 42.6. The maximum Gasteiger partial charge on any atom is 0.115 e. The van der Waals surface area contributed by atoms with E-state index in [0.29, 0.717) is 17.2 Å². The summed E-state index contributed by atoms with van der Waals surface area (Å²) in [5, 5.41) is 25.9. The molecule has 284 valence electrons. The highest BCUT2D eigenvalue weighted by Gasteiger charge is 2.20. The van der Waals surface area contributed by atoms with Gasteiger partial charge in [0.15, 0.2) is 0 Å². The number of phenols is 3. The van der Waals surface area contributed by atoms with Crippen LogP contribution in [0.1, 0.15) is 148 Å². The van der Waals surface area contributed by atoms with Crippen molar-refractivity contribution in [3.8, 4) is 17.2 Å². The van der Waals surface area contributed by atoms with Gasteiger partial charge in [-0.05, 0) is 97.6 Å². The maximum atomic E-state index is 8.63. The fourth-order valence-electron chi connectivity index (χ4n) is 5.19. The first-order valence-electron chi connectivity index (χ1n) is 19.8. The Hall–Kier alpha value is -2.94. The minimum atomic E-state index is 0.322. The molecule has 2 aliphatic rings. The summed E-state index contributed by atoms with van der Waals surface area (Å²) in [7, 11) is 0. The first-order valence-corrected chi connectivity index (χ1v) is 19.8. The van der Waals surface area contributed by atoms with Crippen LogP contribution in [0.2, 0.25) is 0 Å². The molecule has 0 amide bonds. The van der Waals surface area contributed by atoms with Crippen LogP contribution in [0.4, 0.5) is 0 Å². The van der Waals surface area contributed by atoms with Crippen molar-refractivity contribution >= 4 is 0 Å². The van der Waals surface area contributed by atoms with Crippen molar-refractivity contribution in [3.63, 3.8) is 0 Å². The molecule has 0 saturated heterocycles. The lowest BCUT2D eigenvalue weighted by atomic mass is 9.78. The van der Waals surface area contributed by atoms with Crippen molar-refractivity contribution in [1.82, 2.24) is 0 Å². The summed E-state index contributed by atoms with van der Waals surface area (Å²) in [6, 6.07) is 26.1. The Balaban J connectivity index is -0.000000247. The molecule has 3 aromatic carbocycles. The molecule has 2 aliphatic carbocycles. The smallest absolute Gasteiger partial charge is 0.115 e. The zero-order valence-corrected chi connectivity index (χ0v) is 34.6. The third-order valence-electron chi connectivity index (χ3n) is 8.28. The monoisotopic (exact) mass is 683 g/mol.